The van der Waals surface area contributed by atoms with Crippen LogP contribution in [0.2, 0.25) is 0 Å². The summed E-state index contributed by atoms with van der Waals surface area (Å²) in [6, 6.07) is 32.7. The molecule has 4 fully saturated rings. The molecular formula is C70H86F2N10O8. The number of amides is 2. The molecule has 18 nitrogen and oxygen atoms in total. The highest BCUT2D eigenvalue weighted by molar-refractivity contribution is 5.98. The number of nitrogens with one attached hydrogen (secondary N) is 4. The molecular weight excluding hydrogens is 1150 g/mol. The third-order valence-electron chi connectivity index (χ3n) is 18.9. The number of piperazine rings is 2. The van der Waals surface area contributed by atoms with Crippen molar-refractivity contribution in [3.8, 4) is 22.6 Å². The van der Waals surface area contributed by atoms with Gasteiger partial charge in [-0.05, 0) is 79.1 Å². The van der Waals surface area contributed by atoms with Crippen molar-refractivity contribution >= 4 is 23.2 Å². The normalized spacial score (nSPS) is 23.8. The number of carbonyl (C=O) groups excluding carboxylic acids is 2. The summed E-state index contributed by atoms with van der Waals surface area (Å²) in [5.74, 6) is 0.652. The van der Waals surface area contributed by atoms with Crippen LogP contribution in [0.25, 0.3) is 11.1 Å². The molecule has 0 unspecified atom stereocenters. The van der Waals surface area contributed by atoms with E-state index in [9.17, 15) is 28.0 Å². The molecule has 2 aromatic heterocycles. The van der Waals surface area contributed by atoms with Gasteiger partial charge in [-0.15, -0.1) is 0 Å². The van der Waals surface area contributed by atoms with Gasteiger partial charge in [0.1, 0.15) is 48.6 Å². The molecule has 0 spiro atoms. The fourth-order valence-corrected chi connectivity index (χ4v) is 14.0. The number of fused-ring (bicyclic) bond motifs is 2. The van der Waals surface area contributed by atoms with Crippen LogP contribution in [-0.4, -0.2) is 196 Å². The summed E-state index contributed by atoms with van der Waals surface area (Å²) >= 11 is 0. The molecule has 0 saturated carbocycles. The minimum Gasteiger partial charge on any atom is -0.491 e. The van der Waals surface area contributed by atoms with Gasteiger partial charge in [0.15, 0.2) is 0 Å². The molecule has 6 aromatic rings. The number of benzene rings is 4. The topological polar surface area (TPSA) is 180 Å². The van der Waals surface area contributed by atoms with Crippen LogP contribution in [0, 0.1) is 11.6 Å². The predicted molar refractivity (Wildman–Crippen MR) is 344 cm³/mol. The molecule has 0 aliphatic carbocycles. The van der Waals surface area contributed by atoms with Crippen molar-refractivity contribution in [2.45, 2.75) is 102 Å². The summed E-state index contributed by atoms with van der Waals surface area (Å²) in [6.07, 6.45) is 0.237. The molecule has 12 rings (SSSR count). The van der Waals surface area contributed by atoms with Crippen LogP contribution in [-0.2, 0) is 42.7 Å². The van der Waals surface area contributed by atoms with Crippen LogP contribution < -0.4 is 41.0 Å². The number of anilines is 2. The van der Waals surface area contributed by atoms with E-state index in [1.54, 1.807) is 24.3 Å². The Hall–Kier alpha value is -7.14. The lowest BCUT2D eigenvalue weighted by Crippen LogP contribution is -2.61. The molecule has 4 aromatic carbocycles. The minimum absolute atomic E-state index is 0.0155. The standard InChI is InChI=1S/C70H86F2N10O8/c1-45-33-79(39-63(83)81-43-69(3,4)65-60(81)28-50(67(85)75-65)26-47-12-16-52(71)17-13-47)54(31-73-45)35-77-22-24-87-57(37-77)41-89-56-20-21-59(49-10-8-7-9-11-49)62(30-56)90-42-58-38-78(23-25-88-58)36-55-32-74-46(2)34-80(55)40-64(84)82-44-70(5,6)66-61(82)29-51(68(86)76-66)27-48-14-18-53(72)19-15-48/h7-21,28-30,45-46,54-55,57-58,73-74H,22-27,31-44H2,1-6H3,(H,75,85)(H,76,86)/t45-,46-,54-,55-,57+,58+/m1/s1. The number of nitrogens with zero attached hydrogens (tertiary/aromatic N) is 6. The summed E-state index contributed by atoms with van der Waals surface area (Å²) < 4.78 is 53.5. The quantitative estimate of drug-likeness (QED) is 0.0708. The number of ether oxygens (including phenoxy) is 4. The molecule has 4 N–H and O–H groups in total. The van der Waals surface area contributed by atoms with E-state index in [1.165, 1.54) is 24.3 Å². The largest absolute Gasteiger partial charge is 0.491 e. The number of hydrogen-bond donors (Lipinski definition) is 4. The van der Waals surface area contributed by atoms with Gasteiger partial charge in [0.05, 0.1) is 37.7 Å². The summed E-state index contributed by atoms with van der Waals surface area (Å²) in [5.41, 5.74) is 6.30. The maximum absolute atomic E-state index is 14.5. The molecule has 6 aliphatic heterocycles. The Morgan fingerprint density at radius 3 is 1.53 bits per heavy atom. The van der Waals surface area contributed by atoms with E-state index < -0.39 is 10.8 Å². The number of aromatic amines is 2. The van der Waals surface area contributed by atoms with Gasteiger partial charge in [0.25, 0.3) is 11.1 Å². The minimum atomic E-state index is -0.455. The van der Waals surface area contributed by atoms with E-state index in [0.717, 1.165) is 84.3 Å². The number of H-pyrrole nitrogens is 2. The molecule has 4 saturated heterocycles. The zero-order valence-electron chi connectivity index (χ0n) is 52.7. The number of pyridine rings is 2. The maximum atomic E-state index is 14.5. The van der Waals surface area contributed by atoms with Gasteiger partial charge in [-0.1, -0.05) is 82.3 Å². The van der Waals surface area contributed by atoms with Gasteiger partial charge in [-0.2, -0.15) is 0 Å². The molecule has 6 atom stereocenters. The second-order valence-corrected chi connectivity index (χ2v) is 27.0. The third-order valence-corrected chi connectivity index (χ3v) is 18.9. The van der Waals surface area contributed by atoms with Crippen molar-refractivity contribution in [3.05, 3.63) is 175 Å². The maximum Gasteiger partial charge on any atom is 0.251 e. The Kier molecular flexibility index (Phi) is 18.9. The first-order chi connectivity index (χ1) is 43.3. The van der Waals surface area contributed by atoms with Crippen LogP contribution in [0.15, 0.2) is 119 Å². The van der Waals surface area contributed by atoms with Crippen LogP contribution >= 0.6 is 0 Å². The summed E-state index contributed by atoms with van der Waals surface area (Å²) in [6.45, 7) is 22.8. The van der Waals surface area contributed by atoms with E-state index in [2.05, 4.69) is 93.9 Å². The van der Waals surface area contributed by atoms with Crippen LogP contribution in [0.1, 0.15) is 75.2 Å². The molecule has 0 bridgehead atoms. The van der Waals surface area contributed by atoms with Crippen LogP contribution in [0.4, 0.5) is 20.2 Å². The summed E-state index contributed by atoms with van der Waals surface area (Å²) in [5, 5.41) is 7.32. The SMILES string of the molecule is C[C@@H]1CN(CC(=O)N2CC(C)(C)c3[nH]c(=O)c(Cc4ccc(F)cc4)cc32)[C@@H](CN2CCO[C@H](COc3ccc(-c4ccccc4)c(OC[C@@H]4CN(C[C@H]5CN[C@H](C)CN5CC(=O)N5CC(C)(C)c6[nH]c(=O)c(Cc7ccc(F)cc7)cc65)CCO4)c3)C2)CN1. The van der Waals surface area contributed by atoms with Gasteiger partial charge < -0.3 is 49.3 Å². The fraction of sp³-hybridized carbons (Fsp3) is 0.486. The van der Waals surface area contributed by atoms with E-state index in [4.69, 9.17) is 18.9 Å². The first-order valence-corrected chi connectivity index (χ1v) is 32.0. The number of morpholine rings is 2. The fourth-order valence-electron chi connectivity index (χ4n) is 14.0. The van der Waals surface area contributed by atoms with Crippen molar-refractivity contribution in [2.24, 2.45) is 0 Å². The zero-order chi connectivity index (χ0) is 62.8. The Morgan fingerprint density at radius 2 is 1.06 bits per heavy atom. The lowest BCUT2D eigenvalue weighted by molar-refractivity contribution is -0.121. The Labute approximate surface area is 525 Å². The van der Waals surface area contributed by atoms with Gasteiger partial charge in [-0.25, -0.2) is 8.78 Å². The highest BCUT2D eigenvalue weighted by Crippen LogP contribution is 2.41. The Bertz CT molecular complexity index is 3640. The predicted octanol–water partition coefficient (Wildman–Crippen LogP) is 6.32. The van der Waals surface area contributed by atoms with E-state index in [0.29, 0.717) is 101 Å². The van der Waals surface area contributed by atoms with Gasteiger partial charge in [-0.3, -0.25) is 38.8 Å². The molecule has 8 heterocycles. The summed E-state index contributed by atoms with van der Waals surface area (Å²) in [7, 11) is 0. The smallest absolute Gasteiger partial charge is 0.251 e. The molecule has 20 heteroatoms. The average Bonchev–Trinajstić information content (AvgIpc) is 1.80. The molecule has 2 amide bonds. The first kappa shape index (κ1) is 63.0. The van der Waals surface area contributed by atoms with Crippen molar-refractivity contribution < 1.29 is 37.3 Å². The molecule has 6 aliphatic rings. The van der Waals surface area contributed by atoms with Crippen molar-refractivity contribution in [3.63, 3.8) is 0 Å². The van der Waals surface area contributed by atoms with Gasteiger partial charge in [0.2, 0.25) is 11.8 Å². The Balaban J connectivity index is 0.658. The second-order valence-electron chi connectivity index (χ2n) is 27.0. The molecule has 478 valence electrons. The van der Waals surface area contributed by atoms with Crippen LogP contribution in [0.3, 0.4) is 0 Å². The molecule has 90 heavy (non-hydrogen) atoms. The average molecular weight is 1230 g/mol. The van der Waals surface area contributed by atoms with E-state index in [-0.39, 0.29) is 84.0 Å². The highest BCUT2D eigenvalue weighted by Gasteiger charge is 2.43. The number of carbonyl (C=O) groups is 2. The highest BCUT2D eigenvalue weighted by atomic mass is 19.1. The lowest BCUT2D eigenvalue weighted by Gasteiger charge is -2.43. The Morgan fingerprint density at radius 1 is 0.589 bits per heavy atom. The van der Waals surface area contributed by atoms with Crippen LogP contribution in [0.5, 0.6) is 11.5 Å². The number of aromatic nitrogens is 2. The second kappa shape index (κ2) is 27.0. The van der Waals surface area contributed by atoms with Crippen molar-refractivity contribution in [2.75, 3.05) is 128 Å². The zero-order valence-corrected chi connectivity index (χ0v) is 52.7. The van der Waals surface area contributed by atoms with Crippen molar-refractivity contribution in [1.82, 2.24) is 40.2 Å². The van der Waals surface area contributed by atoms with E-state index >= 15 is 0 Å². The lowest BCUT2D eigenvalue weighted by atomic mass is 9.91. The first-order valence-electron chi connectivity index (χ1n) is 32.0. The number of hydrogen-bond acceptors (Lipinski definition) is 14. The van der Waals surface area contributed by atoms with Crippen molar-refractivity contribution in [1.29, 1.82) is 0 Å². The van der Waals surface area contributed by atoms with E-state index in [1.807, 2.05) is 58.3 Å². The summed E-state index contributed by atoms with van der Waals surface area (Å²) in [4.78, 5) is 75.1. The number of rotatable bonds is 19. The number of halogens is 2. The van der Waals surface area contributed by atoms with Gasteiger partial charge >= 0.3 is 0 Å². The monoisotopic (exact) mass is 1230 g/mol. The third kappa shape index (κ3) is 14.6. The van der Waals surface area contributed by atoms with Gasteiger partial charge in [0, 0.05) is 161 Å². The molecule has 0 radical (unpaired) electrons.